The molecule has 6 nitrogen and oxygen atoms in total. The van der Waals surface area contributed by atoms with Gasteiger partial charge in [0.15, 0.2) is 5.96 Å². The van der Waals surface area contributed by atoms with Crippen LogP contribution in [0.4, 0.5) is 0 Å². The van der Waals surface area contributed by atoms with Crippen molar-refractivity contribution < 1.29 is 8.42 Å². The lowest BCUT2D eigenvalue weighted by Crippen LogP contribution is -2.42. The average molecular weight is 379 g/mol. The minimum Gasteiger partial charge on any atom is -0.355 e. The van der Waals surface area contributed by atoms with Gasteiger partial charge in [-0.05, 0) is 32.2 Å². The summed E-state index contributed by atoms with van der Waals surface area (Å²) in [6.07, 6.45) is 2.08. The Morgan fingerprint density at radius 2 is 2.00 bits per heavy atom. The Hall–Kier alpha value is -0.770. The van der Waals surface area contributed by atoms with Gasteiger partial charge in [0, 0.05) is 37.3 Å². The molecular formula is C14H26N4O2S3. The number of nitrogens with zero attached hydrogens (tertiary/aromatic N) is 2. The quantitative estimate of drug-likeness (QED) is 0.559. The van der Waals surface area contributed by atoms with Crippen LogP contribution < -0.4 is 10.6 Å². The number of thioether (sulfide) groups is 1. The summed E-state index contributed by atoms with van der Waals surface area (Å²) in [4.78, 5) is 5.13. The van der Waals surface area contributed by atoms with E-state index in [9.17, 15) is 8.42 Å². The van der Waals surface area contributed by atoms with Crippen molar-refractivity contribution in [1.29, 1.82) is 0 Å². The van der Waals surface area contributed by atoms with Crippen molar-refractivity contribution in [1.82, 2.24) is 14.9 Å². The number of aliphatic imine (C=N–C) groups is 1. The third-order valence-corrected chi connectivity index (χ3v) is 7.88. The molecule has 0 saturated heterocycles. The van der Waals surface area contributed by atoms with Crippen LogP contribution in [0.15, 0.2) is 21.3 Å². The fourth-order valence-electron chi connectivity index (χ4n) is 1.53. The Kier molecular flexibility index (Phi) is 7.37. The first-order chi connectivity index (χ1) is 10.6. The van der Waals surface area contributed by atoms with Gasteiger partial charge in [0.2, 0.25) is 0 Å². The van der Waals surface area contributed by atoms with E-state index in [1.54, 1.807) is 24.9 Å². The van der Waals surface area contributed by atoms with E-state index in [1.165, 1.54) is 29.7 Å². The number of nitrogens with one attached hydrogen (secondary N) is 2. The van der Waals surface area contributed by atoms with Crippen LogP contribution in [0.5, 0.6) is 0 Å². The minimum absolute atomic E-state index is 0.119. The highest BCUT2D eigenvalue weighted by Gasteiger charge is 2.20. The summed E-state index contributed by atoms with van der Waals surface area (Å²) < 4.78 is 25.8. The smallest absolute Gasteiger partial charge is 0.252 e. The molecule has 132 valence electrons. The Morgan fingerprint density at radius 3 is 2.52 bits per heavy atom. The average Bonchev–Trinajstić information content (AvgIpc) is 2.97. The molecule has 0 amide bonds. The SMILES string of the molecule is CN=C(NCc1ccc(S(=O)(=O)N(C)C)s1)NCC(C)(C)SC. The first-order valence-corrected chi connectivity index (χ1v) is 10.6. The molecule has 0 radical (unpaired) electrons. The largest absolute Gasteiger partial charge is 0.355 e. The van der Waals surface area contributed by atoms with Crippen LogP contribution in [0.2, 0.25) is 0 Å². The Bertz CT molecular complexity index is 636. The zero-order valence-electron chi connectivity index (χ0n) is 14.5. The van der Waals surface area contributed by atoms with Gasteiger partial charge in [-0.3, -0.25) is 4.99 Å². The molecule has 1 rings (SSSR count). The van der Waals surface area contributed by atoms with E-state index >= 15 is 0 Å². The van der Waals surface area contributed by atoms with Crippen molar-refractivity contribution in [3.8, 4) is 0 Å². The fraction of sp³-hybridized carbons (Fsp3) is 0.643. The van der Waals surface area contributed by atoms with Crippen LogP contribution >= 0.6 is 23.1 Å². The first kappa shape index (κ1) is 20.3. The van der Waals surface area contributed by atoms with Crippen molar-refractivity contribution in [3.63, 3.8) is 0 Å². The zero-order chi connectivity index (χ0) is 17.7. The van der Waals surface area contributed by atoms with Crippen molar-refractivity contribution in [2.75, 3.05) is 33.9 Å². The monoisotopic (exact) mass is 378 g/mol. The molecule has 23 heavy (non-hydrogen) atoms. The highest BCUT2D eigenvalue weighted by molar-refractivity contribution is 7.99. The molecule has 0 aliphatic rings. The second kappa shape index (κ2) is 8.36. The van der Waals surface area contributed by atoms with Gasteiger partial charge in [0.1, 0.15) is 4.21 Å². The Balaban J connectivity index is 2.63. The molecule has 0 unspecified atom stereocenters. The lowest BCUT2D eigenvalue weighted by Gasteiger charge is -2.23. The number of sulfonamides is 1. The summed E-state index contributed by atoms with van der Waals surface area (Å²) in [5.41, 5.74) is 0. The molecule has 1 aromatic heterocycles. The third-order valence-electron chi connectivity index (χ3n) is 3.26. The van der Waals surface area contributed by atoms with Crippen LogP contribution in [0.25, 0.3) is 0 Å². The lowest BCUT2D eigenvalue weighted by atomic mass is 10.2. The topological polar surface area (TPSA) is 73.8 Å². The highest BCUT2D eigenvalue weighted by Crippen LogP contribution is 2.23. The molecule has 0 bridgehead atoms. The Morgan fingerprint density at radius 1 is 1.35 bits per heavy atom. The molecule has 2 N–H and O–H groups in total. The molecule has 1 aromatic rings. The summed E-state index contributed by atoms with van der Waals surface area (Å²) in [7, 11) is 1.43. The number of guanidine groups is 1. The number of thiophene rings is 1. The lowest BCUT2D eigenvalue weighted by molar-refractivity contribution is 0.523. The summed E-state index contributed by atoms with van der Waals surface area (Å²) in [6.45, 7) is 5.65. The maximum Gasteiger partial charge on any atom is 0.252 e. The summed E-state index contributed by atoms with van der Waals surface area (Å²) >= 11 is 3.06. The standard InChI is InChI=1S/C14H26N4O2S3/c1-14(2,21-6)10-17-13(15-3)16-9-11-7-8-12(22-11)23(19,20)18(4)5/h7-8H,9-10H2,1-6H3,(H2,15,16,17). The molecule has 0 spiro atoms. The van der Waals surface area contributed by atoms with E-state index in [1.807, 2.05) is 6.07 Å². The second-order valence-corrected chi connectivity index (χ2v) is 10.8. The van der Waals surface area contributed by atoms with E-state index < -0.39 is 10.0 Å². The normalized spacial score (nSPS) is 13.4. The van der Waals surface area contributed by atoms with Crippen molar-refractivity contribution in [2.24, 2.45) is 4.99 Å². The van der Waals surface area contributed by atoms with Crippen LogP contribution in [0.3, 0.4) is 0 Å². The third kappa shape index (κ3) is 5.98. The van der Waals surface area contributed by atoms with Gasteiger partial charge in [-0.2, -0.15) is 11.8 Å². The van der Waals surface area contributed by atoms with E-state index in [2.05, 4.69) is 35.7 Å². The number of rotatable bonds is 7. The van der Waals surface area contributed by atoms with Crippen LogP contribution in [0, 0.1) is 0 Å². The van der Waals surface area contributed by atoms with Gasteiger partial charge in [-0.1, -0.05) is 0 Å². The first-order valence-electron chi connectivity index (χ1n) is 7.13. The summed E-state index contributed by atoms with van der Waals surface area (Å²) in [5, 5.41) is 6.49. The maximum atomic E-state index is 12.1. The van der Waals surface area contributed by atoms with Crippen molar-refractivity contribution in [3.05, 3.63) is 17.0 Å². The highest BCUT2D eigenvalue weighted by atomic mass is 32.2. The molecule has 0 aromatic carbocycles. The number of hydrogen-bond acceptors (Lipinski definition) is 5. The molecule has 0 aliphatic heterocycles. The van der Waals surface area contributed by atoms with Crippen molar-refractivity contribution in [2.45, 2.75) is 29.3 Å². The van der Waals surface area contributed by atoms with E-state index in [0.29, 0.717) is 16.7 Å². The molecule has 0 aliphatic carbocycles. The predicted octanol–water partition coefficient (Wildman–Crippen LogP) is 1.81. The maximum absolute atomic E-state index is 12.1. The van der Waals surface area contributed by atoms with Gasteiger partial charge in [0.25, 0.3) is 10.0 Å². The minimum atomic E-state index is -3.36. The second-order valence-electron chi connectivity index (χ2n) is 5.75. The fourth-order valence-corrected chi connectivity index (χ4v) is 4.21. The summed E-state index contributed by atoms with van der Waals surface area (Å²) in [6, 6.07) is 3.47. The zero-order valence-corrected chi connectivity index (χ0v) is 17.0. The van der Waals surface area contributed by atoms with Gasteiger partial charge >= 0.3 is 0 Å². The van der Waals surface area contributed by atoms with Gasteiger partial charge in [-0.15, -0.1) is 11.3 Å². The van der Waals surface area contributed by atoms with Gasteiger partial charge < -0.3 is 10.6 Å². The van der Waals surface area contributed by atoms with Crippen molar-refractivity contribution >= 4 is 39.1 Å². The summed E-state index contributed by atoms with van der Waals surface area (Å²) in [5.74, 6) is 0.706. The van der Waals surface area contributed by atoms with Gasteiger partial charge in [0.05, 0.1) is 6.54 Å². The van der Waals surface area contributed by atoms with Crippen LogP contribution in [-0.4, -0.2) is 57.4 Å². The molecule has 0 fully saturated rings. The van der Waals surface area contributed by atoms with Gasteiger partial charge in [-0.25, -0.2) is 12.7 Å². The predicted molar refractivity (Wildman–Crippen MR) is 101 cm³/mol. The molecular weight excluding hydrogens is 352 g/mol. The van der Waals surface area contributed by atoms with Crippen LogP contribution in [-0.2, 0) is 16.6 Å². The van der Waals surface area contributed by atoms with E-state index in [-0.39, 0.29) is 4.75 Å². The molecule has 1 heterocycles. The molecule has 0 saturated carbocycles. The molecule has 9 heteroatoms. The number of hydrogen-bond donors (Lipinski definition) is 2. The van der Waals surface area contributed by atoms with E-state index in [0.717, 1.165) is 11.4 Å². The molecule has 0 atom stereocenters. The Labute approximate surface area is 147 Å². The van der Waals surface area contributed by atoms with Crippen LogP contribution in [0.1, 0.15) is 18.7 Å². The van der Waals surface area contributed by atoms with E-state index in [4.69, 9.17) is 0 Å².